The van der Waals surface area contributed by atoms with Crippen molar-refractivity contribution in [3.05, 3.63) is 16.6 Å². The van der Waals surface area contributed by atoms with Crippen LogP contribution in [0.2, 0.25) is 0 Å². The fourth-order valence-electron chi connectivity index (χ4n) is 1.92. The summed E-state index contributed by atoms with van der Waals surface area (Å²) in [6.07, 6.45) is 4.89. The predicted octanol–water partition coefficient (Wildman–Crippen LogP) is 1.46. The van der Waals surface area contributed by atoms with E-state index in [1.807, 2.05) is 5.38 Å². The van der Waals surface area contributed by atoms with Crippen LogP contribution in [-0.2, 0) is 4.79 Å². The van der Waals surface area contributed by atoms with Crippen LogP contribution in [0.4, 0.5) is 0 Å². The monoisotopic (exact) mass is 239 g/mol. The minimum atomic E-state index is -0.0681. The van der Waals surface area contributed by atoms with Gasteiger partial charge in [-0.25, -0.2) is 4.98 Å². The quantitative estimate of drug-likeness (QED) is 0.839. The summed E-state index contributed by atoms with van der Waals surface area (Å²) >= 11 is 1.62. The summed E-state index contributed by atoms with van der Waals surface area (Å²) in [4.78, 5) is 16.0. The Hall–Kier alpha value is -0.940. The first-order valence-electron chi connectivity index (χ1n) is 5.70. The van der Waals surface area contributed by atoms with Gasteiger partial charge in [0.2, 0.25) is 5.91 Å². The highest BCUT2D eigenvalue weighted by Crippen LogP contribution is 2.17. The van der Waals surface area contributed by atoms with Gasteiger partial charge in [-0.3, -0.25) is 10.1 Å². The number of nitrogens with zero attached hydrogens (tertiary/aromatic N) is 1. The normalized spacial score (nSPS) is 23.6. The lowest BCUT2D eigenvalue weighted by molar-refractivity contribution is -0.123. The molecule has 1 aliphatic rings. The Balaban J connectivity index is 1.94. The van der Waals surface area contributed by atoms with E-state index < -0.39 is 0 Å². The molecule has 0 bridgehead atoms. The molecule has 2 unspecified atom stereocenters. The molecule has 88 valence electrons. The van der Waals surface area contributed by atoms with Gasteiger partial charge >= 0.3 is 0 Å². The van der Waals surface area contributed by atoms with Crippen molar-refractivity contribution in [1.82, 2.24) is 15.6 Å². The number of thiazole rings is 1. The highest BCUT2D eigenvalue weighted by atomic mass is 32.1. The first-order chi connectivity index (χ1) is 7.77. The molecule has 0 spiro atoms. The molecule has 4 nitrogen and oxygen atoms in total. The van der Waals surface area contributed by atoms with Gasteiger partial charge in [0.25, 0.3) is 0 Å². The number of aromatic nitrogens is 1. The predicted molar refractivity (Wildman–Crippen MR) is 64.3 cm³/mol. The maximum atomic E-state index is 11.7. The van der Waals surface area contributed by atoms with E-state index in [9.17, 15) is 4.79 Å². The van der Waals surface area contributed by atoms with Crippen molar-refractivity contribution in [2.75, 3.05) is 6.54 Å². The zero-order valence-corrected chi connectivity index (χ0v) is 10.2. The summed E-state index contributed by atoms with van der Waals surface area (Å²) in [6, 6.07) is 0.0789. The van der Waals surface area contributed by atoms with Gasteiger partial charge < -0.3 is 5.32 Å². The topological polar surface area (TPSA) is 54.0 Å². The molecular weight excluding hydrogens is 222 g/mol. The average Bonchev–Trinajstić information content (AvgIpc) is 2.73. The number of amides is 1. The SMILES string of the molecule is CC(NC1CCCCNC1=O)c1nccs1. The lowest BCUT2D eigenvalue weighted by Gasteiger charge is -2.19. The number of carbonyl (C=O) groups excluding carboxylic acids is 1. The number of rotatable bonds is 3. The van der Waals surface area contributed by atoms with E-state index in [2.05, 4.69) is 22.5 Å². The summed E-state index contributed by atoms with van der Waals surface area (Å²) < 4.78 is 0. The Bertz CT molecular complexity index is 339. The third kappa shape index (κ3) is 2.80. The minimum Gasteiger partial charge on any atom is -0.355 e. The molecule has 1 aliphatic heterocycles. The number of carbonyl (C=O) groups is 1. The van der Waals surface area contributed by atoms with Gasteiger partial charge in [-0.2, -0.15) is 0 Å². The molecule has 2 heterocycles. The van der Waals surface area contributed by atoms with Crippen molar-refractivity contribution in [3.63, 3.8) is 0 Å². The molecular formula is C11H17N3OS. The second-order valence-electron chi connectivity index (χ2n) is 4.10. The molecule has 1 amide bonds. The Kier molecular flexibility index (Phi) is 3.90. The van der Waals surface area contributed by atoms with Crippen molar-refractivity contribution >= 4 is 17.2 Å². The van der Waals surface area contributed by atoms with Crippen molar-refractivity contribution < 1.29 is 4.79 Å². The lowest BCUT2D eigenvalue weighted by Crippen LogP contribution is -2.43. The molecule has 16 heavy (non-hydrogen) atoms. The maximum absolute atomic E-state index is 11.7. The molecule has 0 saturated carbocycles. The highest BCUT2D eigenvalue weighted by Gasteiger charge is 2.22. The van der Waals surface area contributed by atoms with Crippen LogP contribution in [0.3, 0.4) is 0 Å². The molecule has 2 rings (SSSR count). The van der Waals surface area contributed by atoms with Crippen molar-refractivity contribution in [2.24, 2.45) is 0 Å². The van der Waals surface area contributed by atoms with Crippen molar-refractivity contribution in [1.29, 1.82) is 0 Å². The molecule has 1 saturated heterocycles. The Labute approximate surface area is 99.5 Å². The van der Waals surface area contributed by atoms with Gasteiger partial charge in [-0.05, 0) is 26.2 Å². The summed E-state index contributed by atoms with van der Waals surface area (Å²) in [7, 11) is 0. The fourth-order valence-corrected chi connectivity index (χ4v) is 2.57. The van der Waals surface area contributed by atoms with Gasteiger partial charge in [0.05, 0.1) is 12.1 Å². The zero-order valence-electron chi connectivity index (χ0n) is 9.40. The van der Waals surface area contributed by atoms with E-state index in [4.69, 9.17) is 0 Å². The lowest BCUT2D eigenvalue weighted by atomic mass is 10.1. The summed E-state index contributed by atoms with van der Waals surface area (Å²) in [5.74, 6) is 0.126. The van der Waals surface area contributed by atoms with E-state index in [-0.39, 0.29) is 18.0 Å². The van der Waals surface area contributed by atoms with E-state index in [1.54, 1.807) is 17.5 Å². The van der Waals surface area contributed by atoms with E-state index >= 15 is 0 Å². The maximum Gasteiger partial charge on any atom is 0.237 e. The van der Waals surface area contributed by atoms with Crippen LogP contribution >= 0.6 is 11.3 Å². The van der Waals surface area contributed by atoms with Crippen molar-refractivity contribution in [2.45, 2.75) is 38.3 Å². The molecule has 0 aliphatic carbocycles. The van der Waals surface area contributed by atoms with Crippen LogP contribution in [0.1, 0.15) is 37.2 Å². The molecule has 0 radical (unpaired) electrons. The molecule has 2 atom stereocenters. The van der Waals surface area contributed by atoms with Gasteiger partial charge in [-0.1, -0.05) is 0 Å². The van der Waals surface area contributed by atoms with Crippen LogP contribution in [0.5, 0.6) is 0 Å². The molecule has 1 aromatic heterocycles. The van der Waals surface area contributed by atoms with E-state index in [0.717, 1.165) is 30.8 Å². The summed E-state index contributed by atoms with van der Waals surface area (Å²) in [5, 5.41) is 9.27. The first kappa shape index (κ1) is 11.5. The van der Waals surface area contributed by atoms with Crippen molar-refractivity contribution in [3.8, 4) is 0 Å². The number of hydrogen-bond acceptors (Lipinski definition) is 4. The Morgan fingerprint density at radius 2 is 2.50 bits per heavy atom. The molecule has 0 aromatic carbocycles. The second-order valence-corrected chi connectivity index (χ2v) is 5.02. The zero-order chi connectivity index (χ0) is 11.4. The van der Waals surface area contributed by atoms with Gasteiger partial charge in [-0.15, -0.1) is 11.3 Å². The third-order valence-electron chi connectivity index (χ3n) is 2.81. The highest BCUT2D eigenvalue weighted by molar-refractivity contribution is 7.09. The van der Waals surface area contributed by atoms with E-state index in [1.165, 1.54) is 0 Å². The number of nitrogens with one attached hydrogen (secondary N) is 2. The number of hydrogen-bond donors (Lipinski definition) is 2. The van der Waals surface area contributed by atoms with E-state index in [0.29, 0.717) is 0 Å². The fraction of sp³-hybridized carbons (Fsp3) is 0.636. The molecule has 1 fully saturated rings. The Morgan fingerprint density at radius 3 is 3.25 bits per heavy atom. The molecule has 1 aromatic rings. The molecule has 2 N–H and O–H groups in total. The summed E-state index contributed by atoms with van der Waals surface area (Å²) in [5.41, 5.74) is 0. The minimum absolute atomic E-state index is 0.0681. The van der Waals surface area contributed by atoms with Gasteiger partial charge in [0.1, 0.15) is 5.01 Å². The van der Waals surface area contributed by atoms with Crippen LogP contribution in [0.25, 0.3) is 0 Å². The second kappa shape index (κ2) is 5.41. The van der Waals surface area contributed by atoms with Crippen LogP contribution < -0.4 is 10.6 Å². The summed E-state index contributed by atoms with van der Waals surface area (Å²) in [6.45, 7) is 2.86. The largest absolute Gasteiger partial charge is 0.355 e. The smallest absolute Gasteiger partial charge is 0.237 e. The molecule has 5 heteroatoms. The first-order valence-corrected chi connectivity index (χ1v) is 6.58. The van der Waals surface area contributed by atoms with Crippen LogP contribution in [0, 0.1) is 0 Å². The van der Waals surface area contributed by atoms with Crippen LogP contribution in [0.15, 0.2) is 11.6 Å². The Morgan fingerprint density at radius 1 is 1.62 bits per heavy atom. The van der Waals surface area contributed by atoms with Gasteiger partial charge in [0, 0.05) is 18.1 Å². The third-order valence-corrected chi connectivity index (χ3v) is 3.77. The average molecular weight is 239 g/mol. The van der Waals surface area contributed by atoms with Crippen LogP contribution in [-0.4, -0.2) is 23.5 Å². The van der Waals surface area contributed by atoms with Gasteiger partial charge in [0.15, 0.2) is 0 Å². The standard InChI is InChI=1S/C11H17N3OS/c1-8(11-13-6-7-16-11)14-9-4-2-3-5-12-10(9)15/h6-9,14H,2-5H2,1H3,(H,12,15).